The Morgan fingerprint density at radius 2 is 2.39 bits per heavy atom. The summed E-state index contributed by atoms with van der Waals surface area (Å²) in [6, 6.07) is 0. The maximum atomic E-state index is 6.05. The number of nitrogens with one attached hydrogen (secondary N) is 1. The van der Waals surface area contributed by atoms with E-state index in [0.717, 1.165) is 25.3 Å². The largest absolute Gasteiger partial charge is 0.385 e. The molecule has 0 fully saturated rings. The van der Waals surface area contributed by atoms with E-state index in [4.69, 9.17) is 28.6 Å². The van der Waals surface area contributed by atoms with Gasteiger partial charge >= 0.3 is 0 Å². The Labute approximate surface area is 118 Å². The van der Waals surface area contributed by atoms with Crippen LogP contribution in [0.4, 0.5) is 0 Å². The Morgan fingerprint density at radius 1 is 1.67 bits per heavy atom. The topological polar surface area (TPSA) is 42.3 Å². The molecule has 1 rings (SSSR count). The second kappa shape index (κ2) is 7.56. The zero-order valence-electron chi connectivity index (χ0n) is 10.9. The Hall–Kier alpha value is -0.850. The van der Waals surface area contributed by atoms with Crippen molar-refractivity contribution in [1.29, 1.82) is 0 Å². The molecule has 1 aromatic rings. The molecule has 0 atom stereocenters. The van der Waals surface area contributed by atoms with Gasteiger partial charge in [0.05, 0.1) is 23.5 Å². The number of halogens is 1. The first-order valence-electron chi connectivity index (χ1n) is 5.70. The van der Waals surface area contributed by atoms with Gasteiger partial charge in [-0.25, -0.2) is 0 Å². The van der Waals surface area contributed by atoms with E-state index in [9.17, 15) is 0 Å². The Kier molecular flexibility index (Phi) is 6.38. The van der Waals surface area contributed by atoms with Gasteiger partial charge in [0.25, 0.3) is 0 Å². The molecule has 0 saturated heterocycles. The maximum Gasteiger partial charge on any atom is 0.169 e. The molecule has 0 bridgehead atoms. The number of hydrogen-bond acceptors (Lipinski definition) is 3. The van der Waals surface area contributed by atoms with Crippen LogP contribution in [0.5, 0.6) is 0 Å². The minimum absolute atomic E-state index is 0.630. The average molecular weight is 291 g/mol. The van der Waals surface area contributed by atoms with Crippen molar-refractivity contribution in [3.63, 3.8) is 0 Å². The lowest BCUT2D eigenvalue weighted by atomic mass is 10.4. The number of aryl methyl sites for hydroxylation is 1. The fourth-order valence-corrected chi connectivity index (χ4v) is 1.85. The van der Waals surface area contributed by atoms with Crippen LogP contribution in [0.1, 0.15) is 12.1 Å². The van der Waals surface area contributed by atoms with Gasteiger partial charge in [0.1, 0.15) is 0 Å². The van der Waals surface area contributed by atoms with Crippen LogP contribution in [0.2, 0.25) is 5.02 Å². The van der Waals surface area contributed by atoms with Crippen molar-refractivity contribution in [2.75, 3.05) is 27.3 Å². The molecule has 7 heteroatoms. The molecule has 0 saturated carbocycles. The summed E-state index contributed by atoms with van der Waals surface area (Å²) in [6.07, 6.45) is 2.57. The first-order chi connectivity index (χ1) is 8.56. The smallest absolute Gasteiger partial charge is 0.169 e. The summed E-state index contributed by atoms with van der Waals surface area (Å²) >= 11 is 11.3. The maximum absolute atomic E-state index is 6.05. The predicted octanol–water partition coefficient (Wildman–Crippen LogP) is 1.42. The van der Waals surface area contributed by atoms with Crippen LogP contribution in [0.25, 0.3) is 0 Å². The molecule has 0 aliphatic heterocycles. The summed E-state index contributed by atoms with van der Waals surface area (Å²) in [4.78, 5) is 1.94. The SMILES string of the molecule is COCCCNC(=S)N(C)Cc1c(Cl)cnn1C. The standard InChI is InChI=1S/C11H19ClN4OS/c1-15(11(18)13-5-4-6-17-3)8-10-9(12)7-14-16(10)2/h7H,4-6,8H2,1-3H3,(H,13,18). The first kappa shape index (κ1) is 15.2. The van der Waals surface area contributed by atoms with E-state index < -0.39 is 0 Å². The van der Waals surface area contributed by atoms with Crippen LogP contribution in [0.15, 0.2) is 6.20 Å². The van der Waals surface area contributed by atoms with Crippen LogP contribution in [-0.4, -0.2) is 47.1 Å². The van der Waals surface area contributed by atoms with Crippen LogP contribution >= 0.6 is 23.8 Å². The Morgan fingerprint density at radius 3 is 2.94 bits per heavy atom. The van der Waals surface area contributed by atoms with Gasteiger partial charge in [-0.2, -0.15) is 5.10 Å². The Bertz CT molecular complexity index is 377. The molecule has 102 valence electrons. The number of ether oxygens (including phenoxy) is 1. The summed E-state index contributed by atoms with van der Waals surface area (Å²) in [6.45, 7) is 2.16. The summed E-state index contributed by atoms with van der Waals surface area (Å²) < 4.78 is 6.73. The third-order valence-corrected chi connectivity index (χ3v) is 3.32. The van der Waals surface area contributed by atoms with Crippen molar-refractivity contribution < 1.29 is 4.74 Å². The van der Waals surface area contributed by atoms with Gasteiger partial charge in [0.15, 0.2) is 5.11 Å². The lowest BCUT2D eigenvalue weighted by Crippen LogP contribution is -2.37. The molecule has 0 spiro atoms. The quantitative estimate of drug-likeness (QED) is 0.634. The minimum atomic E-state index is 0.630. The molecule has 1 aromatic heterocycles. The van der Waals surface area contributed by atoms with Crippen molar-refractivity contribution >= 4 is 28.9 Å². The highest BCUT2D eigenvalue weighted by atomic mass is 35.5. The van der Waals surface area contributed by atoms with E-state index in [1.807, 2.05) is 19.0 Å². The highest BCUT2D eigenvalue weighted by molar-refractivity contribution is 7.80. The minimum Gasteiger partial charge on any atom is -0.385 e. The van der Waals surface area contributed by atoms with Gasteiger partial charge < -0.3 is 15.0 Å². The van der Waals surface area contributed by atoms with E-state index in [2.05, 4.69) is 10.4 Å². The van der Waals surface area contributed by atoms with E-state index in [0.29, 0.717) is 16.7 Å². The van der Waals surface area contributed by atoms with Gasteiger partial charge in [0.2, 0.25) is 0 Å². The van der Waals surface area contributed by atoms with Crippen molar-refractivity contribution in [3.8, 4) is 0 Å². The van der Waals surface area contributed by atoms with E-state index in [-0.39, 0.29) is 0 Å². The molecule has 0 unspecified atom stereocenters. The molecule has 5 nitrogen and oxygen atoms in total. The lowest BCUT2D eigenvalue weighted by molar-refractivity contribution is 0.195. The molecule has 0 amide bonds. The highest BCUT2D eigenvalue weighted by Crippen LogP contribution is 2.15. The number of thiocarbonyl (C=S) groups is 1. The van der Waals surface area contributed by atoms with E-state index in [1.165, 1.54) is 0 Å². The number of hydrogen-bond donors (Lipinski definition) is 1. The molecule has 0 radical (unpaired) electrons. The third kappa shape index (κ3) is 4.44. The summed E-state index contributed by atoms with van der Waals surface area (Å²) in [5.74, 6) is 0. The number of rotatable bonds is 6. The summed E-state index contributed by atoms with van der Waals surface area (Å²) in [5, 5.41) is 8.62. The van der Waals surface area contributed by atoms with Crippen LogP contribution in [0.3, 0.4) is 0 Å². The van der Waals surface area contributed by atoms with Crippen molar-refractivity contribution in [1.82, 2.24) is 20.0 Å². The Balaban J connectivity index is 2.40. The average Bonchev–Trinajstić information content (AvgIpc) is 2.66. The number of methoxy groups -OCH3 is 1. The predicted molar refractivity (Wildman–Crippen MR) is 76.8 cm³/mol. The highest BCUT2D eigenvalue weighted by Gasteiger charge is 2.11. The number of aromatic nitrogens is 2. The monoisotopic (exact) mass is 290 g/mol. The second-order valence-corrected chi connectivity index (χ2v) is 4.79. The number of nitrogens with zero attached hydrogens (tertiary/aromatic N) is 3. The molecule has 0 aromatic carbocycles. The molecule has 1 heterocycles. The molecular formula is C11H19ClN4OS. The zero-order valence-corrected chi connectivity index (χ0v) is 12.5. The molecule has 0 aliphatic carbocycles. The zero-order chi connectivity index (χ0) is 13.5. The van der Waals surface area contributed by atoms with Crippen LogP contribution in [-0.2, 0) is 18.3 Å². The van der Waals surface area contributed by atoms with Gasteiger partial charge in [-0.15, -0.1) is 0 Å². The van der Waals surface area contributed by atoms with Gasteiger partial charge in [0, 0.05) is 34.4 Å². The van der Waals surface area contributed by atoms with E-state index in [1.54, 1.807) is 18.0 Å². The van der Waals surface area contributed by atoms with Crippen molar-refractivity contribution in [2.24, 2.45) is 7.05 Å². The third-order valence-electron chi connectivity index (χ3n) is 2.55. The fraction of sp³-hybridized carbons (Fsp3) is 0.636. The molecular weight excluding hydrogens is 272 g/mol. The normalized spacial score (nSPS) is 10.4. The molecule has 0 aliphatic rings. The van der Waals surface area contributed by atoms with E-state index >= 15 is 0 Å². The summed E-state index contributed by atoms with van der Waals surface area (Å²) in [5.41, 5.74) is 0.945. The molecule has 1 N–H and O–H groups in total. The first-order valence-corrected chi connectivity index (χ1v) is 6.49. The van der Waals surface area contributed by atoms with Crippen LogP contribution in [0, 0.1) is 0 Å². The van der Waals surface area contributed by atoms with Crippen molar-refractivity contribution in [2.45, 2.75) is 13.0 Å². The van der Waals surface area contributed by atoms with Crippen molar-refractivity contribution in [3.05, 3.63) is 16.9 Å². The second-order valence-electron chi connectivity index (χ2n) is 4.00. The lowest BCUT2D eigenvalue weighted by Gasteiger charge is -2.21. The summed E-state index contributed by atoms with van der Waals surface area (Å²) in [7, 11) is 5.48. The molecule has 18 heavy (non-hydrogen) atoms. The van der Waals surface area contributed by atoms with Crippen LogP contribution < -0.4 is 5.32 Å². The van der Waals surface area contributed by atoms with Gasteiger partial charge in [-0.05, 0) is 18.6 Å². The van der Waals surface area contributed by atoms with Gasteiger partial charge in [-0.1, -0.05) is 11.6 Å². The fourth-order valence-electron chi connectivity index (χ4n) is 1.46. The van der Waals surface area contributed by atoms with Gasteiger partial charge in [-0.3, -0.25) is 4.68 Å².